The molecule has 2 rings (SSSR count). The second-order valence-electron chi connectivity index (χ2n) is 8.62. The molecule has 0 bridgehead atoms. The maximum atomic E-state index is 12.8. The second kappa shape index (κ2) is 15.3. The molecule has 0 fully saturated rings. The van der Waals surface area contributed by atoms with Gasteiger partial charge in [0.2, 0.25) is 5.91 Å². The molecule has 3 nitrogen and oxygen atoms in total. The third kappa shape index (κ3) is 9.76. The monoisotopic (exact) mass is 443 g/mol. The highest BCUT2D eigenvalue weighted by atomic mass is 19.1. The number of halogens is 1. The first-order valence-corrected chi connectivity index (χ1v) is 11.7. The van der Waals surface area contributed by atoms with E-state index in [0.29, 0.717) is 0 Å². The molecule has 0 saturated heterocycles. The number of Topliss-reactive ketones (excluding diaryl/α,β-unsaturated/α-hetero) is 1. The molecule has 2 aromatic carbocycles. The smallest absolute Gasteiger partial charge is 0.221 e. The SMILES string of the molecule is CC(=O)C(C)(C)c1cccc(F)c1.CCC.CCC[C@@H](c1ccccc1)[C@H](CC)C(N)=O. The Morgan fingerprint density at radius 3 is 1.94 bits per heavy atom. The maximum Gasteiger partial charge on any atom is 0.221 e. The van der Waals surface area contributed by atoms with Crippen LogP contribution < -0.4 is 5.73 Å². The van der Waals surface area contributed by atoms with Gasteiger partial charge < -0.3 is 5.73 Å². The molecule has 1 amide bonds. The molecule has 2 aromatic rings. The van der Waals surface area contributed by atoms with Crippen LogP contribution in [0.15, 0.2) is 54.6 Å². The Balaban J connectivity index is 0.000000543. The summed E-state index contributed by atoms with van der Waals surface area (Å²) in [5.74, 6) is -0.203. The fourth-order valence-electron chi connectivity index (χ4n) is 3.38. The van der Waals surface area contributed by atoms with Crippen LogP contribution in [0.4, 0.5) is 4.39 Å². The number of hydrogen-bond donors (Lipinski definition) is 1. The standard InChI is InChI=1S/C14H21NO.C11H13FO.C3H8/c1-3-8-13(12(4-2)14(15)16)11-9-6-5-7-10-11;1-8(13)11(2,3)9-5-4-6-10(12)7-9;1-3-2/h5-7,9-10,12-13H,3-4,8H2,1-2H3,(H2,15,16);4-7H,1-3H3;3H2,1-2H3/t12-,13-;;/m0../s1. The van der Waals surface area contributed by atoms with E-state index in [0.717, 1.165) is 24.8 Å². The highest BCUT2D eigenvalue weighted by molar-refractivity contribution is 5.87. The first-order valence-electron chi connectivity index (χ1n) is 11.7. The molecule has 0 saturated carbocycles. The van der Waals surface area contributed by atoms with Crippen molar-refractivity contribution < 1.29 is 14.0 Å². The van der Waals surface area contributed by atoms with Crippen molar-refractivity contribution in [3.8, 4) is 0 Å². The lowest BCUT2D eigenvalue weighted by atomic mass is 9.81. The average Bonchev–Trinajstić information content (AvgIpc) is 2.75. The molecule has 0 aliphatic rings. The summed E-state index contributed by atoms with van der Waals surface area (Å²) >= 11 is 0. The minimum Gasteiger partial charge on any atom is -0.369 e. The van der Waals surface area contributed by atoms with E-state index >= 15 is 0 Å². The van der Waals surface area contributed by atoms with Crippen molar-refractivity contribution in [3.63, 3.8) is 0 Å². The number of hydrogen-bond acceptors (Lipinski definition) is 2. The normalized spacial score (nSPS) is 12.4. The van der Waals surface area contributed by atoms with Crippen molar-refractivity contribution in [3.05, 3.63) is 71.5 Å². The Hall–Kier alpha value is -2.49. The van der Waals surface area contributed by atoms with Crippen LogP contribution in [-0.4, -0.2) is 11.7 Å². The van der Waals surface area contributed by atoms with Crippen molar-refractivity contribution in [2.24, 2.45) is 11.7 Å². The minimum atomic E-state index is -0.595. The Labute approximate surface area is 194 Å². The van der Waals surface area contributed by atoms with Gasteiger partial charge in [-0.3, -0.25) is 9.59 Å². The zero-order valence-electron chi connectivity index (χ0n) is 21.0. The molecule has 0 aliphatic heterocycles. The molecule has 0 unspecified atom stereocenters. The van der Waals surface area contributed by atoms with Gasteiger partial charge in [-0.15, -0.1) is 0 Å². The van der Waals surface area contributed by atoms with Crippen LogP contribution in [0, 0.1) is 11.7 Å². The fourth-order valence-corrected chi connectivity index (χ4v) is 3.38. The molecule has 2 N–H and O–H groups in total. The summed E-state index contributed by atoms with van der Waals surface area (Å²) in [6.07, 6.45) is 4.16. The van der Waals surface area contributed by atoms with Gasteiger partial charge in [0.1, 0.15) is 11.6 Å². The molecule has 0 radical (unpaired) electrons. The van der Waals surface area contributed by atoms with Gasteiger partial charge in [0.05, 0.1) is 0 Å². The van der Waals surface area contributed by atoms with Gasteiger partial charge in [0.15, 0.2) is 0 Å². The molecule has 0 spiro atoms. The van der Waals surface area contributed by atoms with Gasteiger partial charge in [-0.1, -0.05) is 83.0 Å². The minimum absolute atomic E-state index is 0.0395. The van der Waals surface area contributed by atoms with Crippen LogP contribution >= 0.6 is 0 Å². The highest BCUT2D eigenvalue weighted by Crippen LogP contribution is 2.31. The van der Waals surface area contributed by atoms with Crippen LogP contribution in [0.5, 0.6) is 0 Å². The second-order valence-corrected chi connectivity index (χ2v) is 8.62. The van der Waals surface area contributed by atoms with E-state index in [-0.39, 0.29) is 29.3 Å². The number of ketones is 1. The van der Waals surface area contributed by atoms with Crippen LogP contribution in [0.1, 0.15) is 91.2 Å². The topological polar surface area (TPSA) is 60.2 Å². The summed E-state index contributed by atoms with van der Waals surface area (Å²) < 4.78 is 12.8. The summed E-state index contributed by atoms with van der Waals surface area (Å²) in [6, 6.07) is 16.4. The van der Waals surface area contributed by atoms with E-state index in [1.54, 1.807) is 26.0 Å². The van der Waals surface area contributed by atoms with Gasteiger partial charge in [-0.25, -0.2) is 4.39 Å². The summed E-state index contributed by atoms with van der Waals surface area (Å²) in [5, 5.41) is 0. The summed E-state index contributed by atoms with van der Waals surface area (Å²) in [5.41, 5.74) is 6.84. The number of nitrogens with two attached hydrogens (primary N) is 1. The molecule has 32 heavy (non-hydrogen) atoms. The van der Waals surface area contributed by atoms with Crippen molar-refractivity contribution >= 4 is 11.7 Å². The first-order chi connectivity index (χ1) is 15.1. The van der Waals surface area contributed by atoms with E-state index in [9.17, 15) is 14.0 Å². The number of carbonyl (C=O) groups excluding carboxylic acids is 2. The van der Waals surface area contributed by atoms with Gasteiger partial charge in [-0.2, -0.15) is 0 Å². The van der Waals surface area contributed by atoms with Crippen molar-refractivity contribution in [1.29, 1.82) is 0 Å². The van der Waals surface area contributed by atoms with E-state index in [1.165, 1.54) is 31.0 Å². The van der Waals surface area contributed by atoms with Crippen LogP contribution in [0.3, 0.4) is 0 Å². The third-order valence-corrected chi connectivity index (χ3v) is 5.54. The maximum absolute atomic E-state index is 12.8. The Kier molecular flexibility index (Phi) is 14.1. The van der Waals surface area contributed by atoms with E-state index in [1.807, 2.05) is 25.1 Å². The van der Waals surface area contributed by atoms with E-state index < -0.39 is 5.41 Å². The van der Waals surface area contributed by atoms with Crippen molar-refractivity contribution in [1.82, 2.24) is 0 Å². The molecule has 4 heteroatoms. The van der Waals surface area contributed by atoms with Gasteiger partial charge in [0, 0.05) is 11.3 Å². The number of rotatable bonds is 8. The van der Waals surface area contributed by atoms with Crippen molar-refractivity contribution in [2.45, 2.75) is 85.5 Å². The third-order valence-electron chi connectivity index (χ3n) is 5.54. The number of amides is 1. The van der Waals surface area contributed by atoms with Crippen LogP contribution in [0.25, 0.3) is 0 Å². The predicted molar refractivity (Wildman–Crippen MR) is 133 cm³/mol. The van der Waals surface area contributed by atoms with Crippen molar-refractivity contribution in [2.75, 3.05) is 0 Å². The fraction of sp³-hybridized carbons (Fsp3) is 0.500. The van der Waals surface area contributed by atoms with Crippen LogP contribution in [0.2, 0.25) is 0 Å². The molecular formula is C28H42FNO2. The van der Waals surface area contributed by atoms with Gasteiger partial charge in [-0.05, 0) is 62.8 Å². The zero-order valence-corrected chi connectivity index (χ0v) is 21.0. The van der Waals surface area contributed by atoms with Gasteiger partial charge in [0.25, 0.3) is 0 Å². The molecular weight excluding hydrogens is 401 g/mol. The molecule has 0 aromatic heterocycles. The molecule has 178 valence electrons. The predicted octanol–water partition coefficient (Wildman–Crippen LogP) is 7.19. The number of benzene rings is 2. The highest BCUT2D eigenvalue weighted by Gasteiger charge is 2.26. The van der Waals surface area contributed by atoms with Crippen LogP contribution in [-0.2, 0) is 15.0 Å². The average molecular weight is 444 g/mol. The molecule has 0 aliphatic carbocycles. The Bertz CT molecular complexity index is 802. The lowest BCUT2D eigenvalue weighted by Crippen LogP contribution is -2.28. The quantitative estimate of drug-likeness (QED) is 0.469. The first kappa shape index (κ1) is 29.5. The molecule has 0 heterocycles. The lowest BCUT2D eigenvalue weighted by Gasteiger charge is -2.23. The summed E-state index contributed by atoms with van der Waals surface area (Å²) in [7, 11) is 0. The lowest BCUT2D eigenvalue weighted by molar-refractivity contribution is -0.123. The summed E-state index contributed by atoms with van der Waals surface area (Å²) in [4.78, 5) is 22.7. The zero-order chi connectivity index (χ0) is 24.7. The van der Waals surface area contributed by atoms with E-state index in [2.05, 4.69) is 32.9 Å². The molecule has 2 atom stereocenters. The Morgan fingerprint density at radius 2 is 1.53 bits per heavy atom. The Morgan fingerprint density at radius 1 is 0.969 bits per heavy atom. The summed E-state index contributed by atoms with van der Waals surface area (Å²) in [6.45, 7) is 13.5. The van der Waals surface area contributed by atoms with E-state index in [4.69, 9.17) is 5.73 Å². The largest absolute Gasteiger partial charge is 0.369 e. The number of carbonyl (C=O) groups is 2. The van der Waals surface area contributed by atoms with Gasteiger partial charge >= 0.3 is 0 Å². The number of primary amides is 1.